The zero-order valence-corrected chi connectivity index (χ0v) is 23.6. The molecule has 1 aromatic carbocycles. The molecule has 2 aromatic heterocycles. The molecule has 0 spiro atoms. The summed E-state index contributed by atoms with van der Waals surface area (Å²) in [6.45, 7) is 13.8. The van der Waals surface area contributed by atoms with Crippen molar-refractivity contribution < 1.29 is 13.6 Å². The van der Waals surface area contributed by atoms with Crippen LogP contribution in [0.4, 0.5) is 0 Å². The Kier molecular flexibility index (Phi) is 6.06. The fraction of sp³-hybridized carbons (Fsp3) is 0.536. The van der Waals surface area contributed by atoms with E-state index in [9.17, 15) is 4.79 Å². The maximum atomic E-state index is 13.3. The van der Waals surface area contributed by atoms with Gasteiger partial charge < -0.3 is 13.6 Å². The van der Waals surface area contributed by atoms with E-state index in [1.54, 1.807) is 11.3 Å². The Morgan fingerprint density at radius 3 is 2.50 bits per heavy atom. The van der Waals surface area contributed by atoms with Gasteiger partial charge in [0.2, 0.25) is 0 Å². The van der Waals surface area contributed by atoms with Gasteiger partial charge in [0.15, 0.2) is 9.76 Å². The second-order valence-electron chi connectivity index (χ2n) is 11.5. The first kappa shape index (κ1) is 23.8. The summed E-state index contributed by atoms with van der Waals surface area (Å²) in [7, 11) is -0.863. The minimum Gasteiger partial charge on any atom is -0.493 e. The Balaban J connectivity index is 1.81. The van der Waals surface area contributed by atoms with E-state index in [1.807, 2.05) is 0 Å². The van der Waals surface area contributed by atoms with E-state index in [0.29, 0.717) is 5.76 Å². The van der Waals surface area contributed by atoms with Gasteiger partial charge in [-0.2, -0.15) is 0 Å². The largest absolute Gasteiger partial charge is 0.493 e. The highest BCUT2D eigenvalue weighted by Crippen LogP contribution is 2.47. The summed E-state index contributed by atoms with van der Waals surface area (Å²) in [5.74, 6) is 1.67. The third kappa shape index (κ3) is 4.18. The minimum atomic E-state index is -0.863. The van der Waals surface area contributed by atoms with Crippen LogP contribution in [0, 0.1) is 6.92 Å². The number of fused-ring (bicyclic) bond motifs is 4. The monoisotopic (exact) mass is 496 g/mol. The highest BCUT2D eigenvalue weighted by Gasteiger charge is 2.35. The van der Waals surface area contributed by atoms with Crippen molar-refractivity contribution >= 4 is 31.2 Å². The average molecular weight is 497 g/mol. The second kappa shape index (κ2) is 8.65. The van der Waals surface area contributed by atoms with Gasteiger partial charge in [0, 0.05) is 15.8 Å². The quantitative estimate of drug-likeness (QED) is 0.382. The van der Waals surface area contributed by atoms with E-state index >= 15 is 0 Å². The van der Waals surface area contributed by atoms with Gasteiger partial charge in [0.05, 0.1) is 6.61 Å². The molecule has 1 aliphatic carbocycles. The average Bonchev–Trinajstić information content (AvgIpc) is 3.19. The Labute approximate surface area is 208 Å². The maximum Gasteiger partial charge on any atom is 0.354 e. The lowest BCUT2D eigenvalue weighted by atomic mass is 9.85. The first-order chi connectivity index (χ1) is 16.1. The summed E-state index contributed by atoms with van der Waals surface area (Å²) in [5, 5.41) is 1.25. The molecule has 5 rings (SSSR count). The Bertz CT molecular complexity index is 1310. The second-order valence-corrected chi connectivity index (χ2v) is 15.3. The standard InChI is InChI=1S/C28H36O4SSi/c1-16-17-11-9-15-30-20(17)14-13-18(16)23-22-19-10-7-8-12-21(19)33-24(22)26(29)31-25(23)28(5,6)32-34-27(2,3)4/h13-14H,7-12,15,34H2,1-6H3. The van der Waals surface area contributed by atoms with Crippen molar-refractivity contribution in [2.24, 2.45) is 0 Å². The fourth-order valence-electron chi connectivity index (χ4n) is 5.30. The van der Waals surface area contributed by atoms with E-state index in [1.165, 1.54) is 34.4 Å². The molecule has 182 valence electrons. The summed E-state index contributed by atoms with van der Waals surface area (Å²) >= 11 is 1.64. The molecule has 0 fully saturated rings. The number of rotatable bonds is 4. The molecule has 0 N–H and O–H groups in total. The third-order valence-electron chi connectivity index (χ3n) is 7.09. The molecule has 0 bridgehead atoms. The van der Waals surface area contributed by atoms with Gasteiger partial charge in [-0.05, 0) is 92.7 Å². The molecule has 0 amide bonds. The van der Waals surface area contributed by atoms with Gasteiger partial charge in [0.25, 0.3) is 0 Å². The van der Waals surface area contributed by atoms with Gasteiger partial charge in [0.1, 0.15) is 21.8 Å². The van der Waals surface area contributed by atoms with Gasteiger partial charge in [-0.15, -0.1) is 11.3 Å². The fourth-order valence-corrected chi connectivity index (χ4v) is 7.50. The van der Waals surface area contributed by atoms with Crippen molar-refractivity contribution in [3.8, 4) is 16.9 Å². The predicted octanol–water partition coefficient (Wildman–Crippen LogP) is 6.59. The molecule has 0 saturated carbocycles. The van der Waals surface area contributed by atoms with Crippen molar-refractivity contribution in [3.63, 3.8) is 0 Å². The summed E-state index contributed by atoms with van der Waals surface area (Å²) in [6, 6.07) is 4.27. The summed E-state index contributed by atoms with van der Waals surface area (Å²) in [6.07, 6.45) is 6.48. The lowest BCUT2D eigenvalue weighted by Crippen LogP contribution is -2.29. The van der Waals surface area contributed by atoms with Crippen LogP contribution >= 0.6 is 11.3 Å². The van der Waals surface area contributed by atoms with E-state index in [0.717, 1.165) is 59.3 Å². The minimum absolute atomic E-state index is 0.141. The molecule has 0 atom stereocenters. The van der Waals surface area contributed by atoms with Crippen molar-refractivity contribution in [2.45, 2.75) is 90.7 Å². The van der Waals surface area contributed by atoms with Gasteiger partial charge in [-0.3, -0.25) is 0 Å². The van der Waals surface area contributed by atoms with Crippen molar-refractivity contribution in [2.75, 3.05) is 6.61 Å². The third-order valence-corrected chi connectivity index (χ3v) is 10.1. The van der Waals surface area contributed by atoms with Crippen LogP contribution in [0.2, 0.25) is 5.04 Å². The SMILES string of the molecule is Cc1c(-c2c(C(C)(C)O[SiH2]C(C)(C)C)oc(=O)c3sc4c(c23)CCCC4)ccc2c1CCCO2. The van der Waals surface area contributed by atoms with E-state index in [-0.39, 0.29) is 10.7 Å². The number of aryl methyl sites for hydroxylation is 2. The topological polar surface area (TPSA) is 48.7 Å². The highest BCUT2D eigenvalue weighted by molar-refractivity contribution is 7.19. The van der Waals surface area contributed by atoms with Crippen molar-refractivity contribution in [1.82, 2.24) is 0 Å². The van der Waals surface area contributed by atoms with Crippen LogP contribution in [-0.4, -0.2) is 16.4 Å². The predicted molar refractivity (Wildman–Crippen MR) is 143 cm³/mol. The normalized spacial score (nSPS) is 16.6. The molecule has 0 saturated heterocycles. The number of ether oxygens (including phenoxy) is 1. The molecule has 4 nitrogen and oxygen atoms in total. The van der Waals surface area contributed by atoms with Crippen molar-refractivity contribution in [3.05, 3.63) is 49.9 Å². The van der Waals surface area contributed by atoms with Gasteiger partial charge >= 0.3 is 5.63 Å². The maximum absolute atomic E-state index is 13.3. The van der Waals surface area contributed by atoms with E-state index < -0.39 is 15.4 Å². The molecular weight excluding hydrogens is 460 g/mol. The smallest absolute Gasteiger partial charge is 0.354 e. The molecule has 34 heavy (non-hydrogen) atoms. The molecule has 0 unspecified atom stereocenters. The van der Waals surface area contributed by atoms with Crippen molar-refractivity contribution in [1.29, 1.82) is 0 Å². The number of thiophene rings is 1. The Morgan fingerprint density at radius 1 is 1.00 bits per heavy atom. The van der Waals surface area contributed by atoms with Gasteiger partial charge in [-0.25, -0.2) is 4.79 Å². The first-order valence-corrected chi connectivity index (χ1v) is 14.7. The first-order valence-electron chi connectivity index (χ1n) is 12.6. The van der Waals surface area contributed by atoms with Crippen LogP contribution in [-0.2, 0) is 29.3 Å². The zero-order valence-electron chi connectivity index (χ0n) is 21.4. The van der Waals surface area contributed by atoms with E-state index in [4.69, 9.17) is 13.6 Å². The Morgan fingerprint density at radius 2 is 1.74 bits per heavy atom. The lowest BCUT2D eigenvalue weighted by Gasteiger charge is -2.31. The summed E-state index contributed by atoms with van der Waals surface area (Å²) in [4.78, 5) is 14.7. The highest BCUT2D eigenvalue weighted by atomic mass is 32.1. The zero-order chi connectivity index (χ0) is 24.3. The molecule has 1 aliphatic heterocycles. The molecular formula is C28H36O4SSi. The van der Waals surface area contributed by atoms with Crippen LogP contribution in [0.15, 0.2) is 21.3 Å². The molecule has 6 heteroatoms. The number of benzene rings is 1. The molecule has 3 heterocycles. The van der Waals surface area contributed by atoms with Crippen LogP contribution in [0.3, 0.4) is 0 Å². The molecule has 3 aromatic rings. The van der Waals surface area contributed by atoms with Crippen LogP contribution in [0.5, 0.6) is 5.75 Å². The molecule has 0 radical (unpaired) electrons. The van der Waals surface area contributed by atoms with Crippen LogP contribution in [0.25, 0.3) is 21.2 Å². The van der Waals surface area contributed by atoms with E-state index in [2.05, 4.69) is 53.7 Å². The summed E-state index contributed by atoms with van der Waals surface area (Å²) < 4.78 is 19.5. The van der Waals surface area contributed by atoms with Crippen LogP contribution < -0.4 is 10.4 Å². The lowest BCUT2D eigenvalue weighted by molar-refractivity contribution is 0.0805. The Hall–Kier alpha value is -1.89. The van der Waals surface area contributed by atoms with Gasteiger partial charge in [-0.1, -0.05) is 26.8 Å². The molecule has 2 aliphatic rings. The van der Waals surface area contributed by atoms with Crippen LogP contribution in [0.1, 0.15) is 81.2 Å². The summed E-state index contributed by atoms with van der Waals surface area (Å²) in [5.41, 5.74) is 5.16. The number of hydrogen-bond donors (Lipinski definition) is 0. The number of hydrogen-bond acceptors (Lipinski definition) is 5.